The van der Waals surface area contributed by atoms with Gasteiger partial charge < -0.3 is 5.73 Å². The first-order valence-corrected chi connectivity index (χ1v) is 6.21. The molecule has 0 aliphatic rings. The first kappa shape index (κ1) is 14.4. The Morgan fingerprint density at radius 3 is 2.12 bits per heavy atom. The van der Waals surface area contributed by atoms with Crippen molar-refractivity contribution < 1.29 is 13.2 Å². The molecule has 0 bridgehead atoms. The molecule has 96 valence electrons. The van der Waals surface area contributed by atoms with Gasteiger partial charge in [0.1, 0.15) is 0 Å². The minimum atomic E-state index is -4.23. The second kappa shape index (κ2) is 5.78. The molecule has 0 amide bonds. The van der Waals surface area contributed by atoms with Crippen molar-refractivity contribution in [2.75, 3.05) is 0 Å². The lowest BCUT2D eigenvalue weighted by atomic mass is 9.98. The Morgan fingerprint density at radius 1 is 1.18 bits per heavy atom. The predicted octanol–water partition coefficient (Wildman–Crippen LogP) is 4.34. The van der Waals surface area contributed by atoms with E-state index in [0.29, 0.717) is 5.92 Å². The number of alkyl halides is 3. The van der Waals surface area contributed by atoms with Crippen molar-refractivity contribution in [2.45, 2.75) is 36.7 Å². The van der Waals surface area contributed by atoms with Crippen LogP contribution >= 0.6 is 11.8 Å². The normalized spacial score (nSPS) is 14.1. The van der Waals surface area contributed by atoms with Crippen molar-refractivity contribution in [3.63, 3.8) is 0 Å². The topological polar surface area (TPSA) is 26.0 Å². The smallest absolute Gasteiger partial charge is 0.324 e. The molecule has 0 aliphatic heterocycles. The van der Waals surface area contributed by atoms with Gasteiger partial charge in [-0.2, -0.15) is 13.2 Å². The number of benzene rings is 1. The van der Waals surface area contributed by atoms with Gasteiger partial charge in [-0.25, -0.2) is 0 Å². The van der Waals surface area contributed by atoms with Gasteiger partial charge in [0.2, 0.25) is 0 Å². The summed E-state index contributed by atoms with van der Waals surface area (Å²) >= 11 is -0.106. The molecule has 17 heavy (non-hydrogen) atoms. The average Bonchev–Trinajstić information content (AvgIpc) is 2.15. The van der Waals surface area contributed by atoms with E-state index in [1.165, 1.54) is 12.1 Å². The van der Waals surface area contributed by atoms with Gasteiger partial charge in [0.05, 0.1) is 0 Å². The number of halogens is 3. The molecule has 1 nitrogen and oxygen atoms in total. The summed E-state index contributed by atoms with van der Waals surface area (Å²) < 4.78 is 36.3. The van der Waals surface area contributed by atoms with Gasteiger partial charge in [-0.1, -0.05) is 26.0 Å². The molecule has 5 heteroatoms. The Kier molecular flexibility index (Phi) is 4.89. The maximum absolute atomic E-state index is 12.1. The van der Waals surface area contributed by atoms with Gasteiger partial charge >= 0.3 is 5.51 Å². The Labute approximate surface area is 104 Å². The zero-order valence-corrected chi connectivity index (χ0v) is 10.6. The summed E-state index contributed by atoms with van der Waals surface area (Å²) in [6.45, 7) is 4.13. The minimum absolute atomic E-state index is 0.106. The summed E-state index contributed by atoms with van der Waals surface area (Å²) in [6, 6.07) is 6.16. The van der Waals surface area contributed by atoms with Crippen molar-refractivity contribution in [3.05, 3.63) is 29.8 Å². The van der Waals surface area contributed by atoms with Gasteiger partial charge in [0, 0.05) is 10.9 Å². The van der Waals surface area contributed by atoms with Crippen molar-refractivity contribution >= 4 is 11.8 Å². The molecule has 2 N–H and O–H groups in total. The van der Waals surface area contributed by atoms with Gasteiger partial charge in [-0.15, -0.1) is 0 Å². The van der Waals surface area contributed by atoms with Crippen molar-refractivity contribution in [1.29, 1.82) is 0 Å². The van der Waals surface area contributed by atoms with Gasteiger partial charge in [0.25, 0.3) is 0 Å². The molecule has 0 saturated heterocycles. The average molecular weight is 263 g/mol. The molecule has 0 fully saturated rings. The Hall–Kier alpha value is -0.680. The van der Waals surface area contributed by atoms with Gasteiger partial charge in [0.15, 0.2) is 0 Å². The fourth-order valence-corrected chi connectivity index (χ4v) is 2.10. The van der Waals surface area contributed by atoms with E-state index in [1.54, 1.807) is 12.1 Å². The van der Waals surface area contributed by atoms with Crippen LogP contribution in [0.15, 0.2) is 29.2 Å². The quantitative estimate of drug-likeness (QED) is 0.817. The number of thioether (sulfide) groups is 1. The molecule has 1 atom stereocenters. The summed E-state index contributed by atoms with van der Waals surface area (Å²) in [5.41, 5.74) is 2.59. The van der Waals surface area contributed by atoms with E-state index in [-0.39, 0.29) is 22.7 Å². The number of rotatable bonds is 4. The highest BCUT2D eigenvalue weighted by molar-refractivity contribution is 8.00. The van der Waals surface area contributed by atoms with Crippen molar-refractivity contribution in [1.82, 2.24) is 0 Å². The van der Waals surface area contributed by atoms with Gasteiger partial charge in [-0.05, 0) is 41.8 Å². The molecule has 0 aliphatic carbocycles. The highest BCUT2D eigenvalue weighted by Gasteiger charge is 2.29. The number of hydrogen-bond donors (Lipinski definition) is 1. The molecule has 0 saturated carbocycles. The summed E-state index contributed by atoms with van der Waals surface area (Å²) in [4.78, 5) is 0.193. The van der Waals surface area contributed by atoms with Crippen molar-refractivity contribution in [3.8, 4) is 0 Å². The highest BCUT2D eigenvalue weighted by Crippen LogP contribution is 2.37. The molecule has 0 spiro atoms. The summed E-state index contributed by atoms with van der Waals surface area (Å²) in [5.74, 6) is 0.467. The molecular formula is C12H16F3NS. The van der Waals surface area contributed by atoms with Crippen LogP contribution in [0.25, 0.3) is 0 Å². The van der Waals surface area contributed by atoms with Crippen LogP contribution in [0.2, 0.25) is 0 Å². The van der Waals surface area contributed by atoms with Crippen LogP contribution in [0.1, 0.15) is 31.9 Å². The van der Waals surface area contributed by atoms with Crippen LogP contribution < -0.4 is 5.73 Å². The van der Waals surface area contributed by atoms with E-state index in [1.807, 2.05) is 0 Å². The van der Waals surface area contributed by atoms with Crippen LogP contribution in [0.4, 0.5) is 13.2 Å². The monoisotopic (exact) mass is 263 g/mol. The lowest BCUT2D eigenvalue weighted by Gasteiger charge is -2.15. The summed E-state index contributed by atoms with van der Waals surface area (Å²) in [5, 5.41) is 0. The molecule has 0 aromatic heterocycles. The summed E-state index contributed by atoms with van der Waals surface area (Å²) in [7, 11) is 0. The molecule has 0 unspecified atom stereocenters. The first-order chi connectivity index (χ1) is 7.78. The van der Waals surface area contributed by atoms with Crippen LogP contribution in [0.3, 0.4) is 0 Å². The lowest BCUT2D eigenvalue weighted by Crippen LogP contribution is -2.12. The molecule has 1 rings (SSSR count). The third-order valence-electron chi connectivity index (χ3n) is 2.27. The van der Waals surface area contributed by atoms with E-state index < -0.39 is 5.51 Å². The Bertz CT molecular complexity index is 346. The fraction of sp³-hybridized carbons (Fsp3) is 0.500. The zero-order valence-electron chi connectivity index (χ0n) is 9.79. The van der Waals surface area contributed by atoms with E-state index in [2.05, 4.69) is 13.8 Å². The second-order valence-electron chi connectivity index (χ2n) is 4.35. The van der Waals surface area contributed by atoms with Crippen LogP contribution in [0, 0.1) is 5.92 Å². The summed E-state index contributed by atoms with van der Waals surface area (Å²) in [6.07, 6.45) is 0.825. The fourth-order valence-electron chi connectivity index (χ4n) is 1.56. The molecule has 0 heterocycles. The highest BCUT2D eigenvalue weighted by atomic mass is 32.2. The molecular weight excluding hydrogens is 247 g/mol. The molecule has 0 radical (unpaired) electrons. The standard InChI is InChI=1S/C12H16F3NS/c1-8(2)7-11(16)9-3-5-10(6-4-9)17-12(13,14)15/h3-6,8,11H,7,16H2,1-2H3/t11-/m1/s1. The third-order valence-corrected chi connectivity index (χ3v) is 3.01. The van der Waals surface area contributed by atoms with Crippen LogP contribution in [-0.4, -0.2) is 5.51 Å². The Morgan fingerprint density at radius 2 is 1.71 bits per heavy atom. The van der Waals surface area contributed by atoms with E-state index in [4.69, 9.17) is 5.73 Å². The largest absolute Gasteiger partial charge is 0.446 e. The predicted molar refractivity (Wildman–Crippen MR) is 64.7 cm³/mol. The zero-order chi connectivity index (χ0) is 13.1. The maximum atomic E-state index is 12.1. The minimum Gasteiger partial charge on any atom is -0.324 e. The van der Waals surface area contributed by atoms with E-state index >= 15 is 0 Å². The maximum Gasteiger partial charge on any atom is 0.446 e. The molecule has 1 aromatic rings. The SMILES string of the molecule is CC(C)C[C@@H](N)c1ccc(SC(F)(F)F)cc1. The first-order valence-electron chi connectivity index (χ1n) is 5.39. The van der Waals surface area contributed by atoms with E-state index in [9.17, 15) is 13.2 Å². The van der Waals surface area contributed by atoms with Gasteiger partial charge in [-0.3, -0.25) is 0 Å². The van der Waals surface area contributed by atoms with Crippen LogP contribution in [-0.2, 0) is 0 Å². The third kappa shape index (κ3) is 5.46. The second-order valence-corrected chi connectivity index (χ2v) is 5.49. The van der Waals surface area contributed by atoms with Crippen LogP contribution in [0.5, 0.6) is 0 Å². The van der Waals surface area contributed by atoms with E-state index in [0.717, 1.165) is 12.0 Å². The molecule has 1 aromatic carbocycles. The lowest BCUT2D eigenvalue weighted by molar-refractivity contribution is -0.0328. The van der Waals surface area contributed by atoms with Crippen molar-refractivity contribution in [2.24, 2.45) is 11.7 Å². The number of nitrogens with two attached hydrogens (primary N) is 1. The number of hydrogen-bond acceptors (Lipinski definition) is 2. The Balaban J connectivity index is 2.67.